The van der Waals surface area contributed by atoms with E-state index in [-0.39, 0.29) is 18.3 Å². The Labute approximate surface area is 128 Å². The maximum absolute atomic E-state index is 12.1. The van der Waals surface area contributed by atoms with Crippen LogP contribution in [0.1, 0.15) is 43.2 Å². The number of nitrogens with zero attached hydrogens (tertiary/aromatic N) is 1. The van der Waals surface area contributed by atoms with Crippen LogP contribution < -0.4 is 10.6 Å². The summed E-state index contributed by atoms with van der Waals surface area (Å²) in [4.78, 5) is 13.9. The zero-order chi connectivity index (χ0) is 14.3. The minimum Gasteiger partial charge on any atom is -0.330 e. The molecule has 4 heteroatoms. The molecule has 0 radical (unpaired) electrons. The number of anilines is 1. The van der Waals surface area contributed by atoms with Crippen LogP contribution in [0.5, 0.6) is 0 Å². The van der Waals surface area contributed by atoms with Gasteiger partial charge in [0.2, 0.25) is 5.91 Å². The molecule has 2 N–H and O–H groups in total. The van der Waals surface area contributed by atoms with Crippen LogP contribution >= 0.6 is 12.4 Å². The van der Waals surface area contributed by atoms with E-state index in [4.69, 9.17) is 5.73 Å². The number of halogens is 1. The van der Waals surface area contributed by atoms with Crippen LogP contribution in [0, 0.1) is 13.8 Å². The fourth-order valence-electron chi connectivity index (χ4n) is 2.23. The van der Waals surface area contributed by atoms with E-state index in [0.29, 0.717) is 6.42 Å². The fraction of sp³-hybridized carbons (Fsp3) is 0.562. The lowest BCUT2D eigenvalue weighted by molar-refractivity contribution is -0.118. The summed E-state index contributed by atoms with van der Waals surface area (Å²) in [5.41, 5.74) is 8.82. The van der Waals surface area contributed by atoms with Crippen LogP contribution in [-0.4, -0.2) is 19.5 Å². The molecule has 1 rings (SSSR count). The molecule has 0 aliphatic carbocycles. The van der Waals surface area contributed by atoms with Gasteiger partial charge in [0.1, 0.15) is 0 Å². The first-order valence-corrected chi connectivity index (χ1v) is 7.09. The average molecular weight is 299 g/mol. The summed E-state index contributed by atoms with van der Waals surface area (Å²) in [6.07, 6.45) is 4.84. The van der Waals surface area contributed by atoms with Crippen molar-refractivity contribution in [2.24, 2.45) is 5.73 Å². The number of hydrogen-bond acceptors (Lipinski definition) is 2. The van der Waals surface area contributed by atoms with Gasteiger partial charge >= 0.3 is 0 Å². The van der Waals surface area contributed by atoms with Crippen molar-refractivity contribution < 1.29 is 4.79 Å². The molecular formula is C16H27ClN2O. The molecule has 0 saturated carbocycles. The second-order valence-corrected chi connectivity index (χ2v) is 5.25. The van der Waals surface area contributed by atoms with E-state index in [1.807, 2.05) is 7.05 Å². The average Bonchev–Trinajstić information content (AvgIpc) is 2.36. The zero-order valence-electron chi connectivity index (χ0n) is 12.8. The van der Waals surface area contributed by atoms with Gasteiger partial charge in [0.25, 0.3) is 0 Å². The van der Waals surface area contributed by atoms with Gasteiger partial charge in [-0.3, -0.25) is 4.79 Å². The van der Waals surface area contributed by atoms with Gasteiger partial charge < -0.3 is 10.6 Å². The van der Waals surface area contributed by atoms with Gasteiger partial charge in [-0.25, -0.2) is 0 Å². The van der Waals surface area contributed by atoms with Gasteiger partial charge in [0.15, 0.2) is 0 Å². The number of carbonyl (C=O) groups excluding carboxylic acids is 1. The molecule has 1 amide bonds. The predicted octanol–water partition coefficient (Wildman–Crippen LogP) is 3.60. The van der Waals surface area contributed by atoms with Crippen molar-refractivity contribution in [3.05, 3.63) is 29.3 Å². The lowest BCUT2D eigenvalue weighted by atomic mass is 10.1. The third-order valence-electron chi connectivity index (χ3n) is 3.31. The van der Waals surface area contributed by atoms with Gasteiger partial charge in [-0.2, -0.15) is 0 Å². The molecule has 114 valence electrons. The SMILES string of the molecule is Cc1cc(C)cc(N(C)C(=O)CCCCCCN)c1.Cl. The summed E-state index contributed by atoms with van der Waals surface area (Å²) in [5.74, 6) is 0.192. The molecular weight excluding hydrogens is 272 g/mol. The number of benzene rings is 1. The minimum absolute atomic E-state index is 0. The number of hydrogen-bond donors (Lipinski definition) is 1. The molecule has 0 aliphatic rings. The van der Waals surface area contributed by atoms with Gasteiger partial charge in [-0.15, -0.1) is 12.4 Å². The second kappa shape index (κ2) is 9.78. The first kappa shape index (κ1) is 18.9. The highest BCUT2D eigenvalue weighted by Gasteiger charge is 2.10. The molecule has 0 atom stereocenters. The molecule has 3 nitrogen and oxygen atoms in total. The molecule has 0 fully saturated rings. The van der Waals surface area contributed by atoms with Crippen molar-refractivity contribution >= 4 is 24.0 Å². The summed E-state index contributed by atoms with van der Waals surface area (Å²) in [7, 11) is 1.86. The number of unbranched alkanes of at least 4 members (excludes halogenated alkanes) is 3. The Bertz CT molecular complexity index is 401. The molecule has 1 aromatic carbocycles. The van der Waals surface area contributed by atoms with E-state index >= 15 is 0 Å². The van der Waals surface area contributed by atoms with E-state index in [1.165, 1.54) is 11.1 Å². The Balaban J connectivity index is 0.00000361. The molecule has 0 heterocycles. The van der Waals surface area contributed by atoms with Gasteiger partial charge in [0, 0.05) is 19.2 Å². The van der Waals surface area contributed by atoms with Crippen molar-refractivity contribution in [3.8, 4) is 0 Å². The Kier molecular flexibility index (Phi) is 9.26. The van der Waals surface area contributed by atoms with E-state index in [1.54, 1.807) is 4.90 Å². The number of carbonyl (C=O) groups is 1. The molecule has 1 aromatic rings. The lowest BCUT2D eigenvalue weighted by Gasteiger charge is -2.18. The maximum Gasteiger partial charge on any atom is 0.226 e. The summed E-state index contributed by atoms with van der Waals surface area (Å²) < 4.78 is 0. The highest BCUT2D eigenvalue weighted by Crippen LogP contribution is 2.18. The van der Waals surface area contributed by atoms with Crippen LogP contribution in [0.3, 0.4) is 0 Å². The van der Waals surface area contributed by atoms with Crippen LogP contribution in [-0.2, 0) is 4.79 Å². The Morgan fingerprint density at radius 3 is 2.15 bits per heavy atom. The van der Waals surface area contributed by atoms with Crippen molar-refractivity contribution in [2.75, 3.05) is 18.5 Å². The summed E-state index contributed by atoms with van der Waals surface area (Å²) in [5, 5.41) is 0. The largest absolute Gasteiger partial charge is 0.330 e. The second-order valence-electron chi connectivity index (χ2n) is 5.25. The van der Waals surface area contributed by atoms with Crippen molar-refractivity contribution in [1.82, 2.24) is 0 Å². The number of nitrogens with two attached hydrogens (primary N) is 1. The van der Waals surface area contributed by atoms with Crippen molar-refractivity contribution in [2.45, 2.75) is 46.0 Å². The lowest BCUT2D eigenvalue weighted by Crippen LogP contribution is -2.26. The highest BCUT2D eigenvalue weighted by atomic mass is 35.5. The number of amides is 1. The number of aryl methyl sites for hydroxylation is 2. The Morgan fingerprint density at radius 1 is 1.05 bits per heavy atom. The van der Waals surface area contributed by atoms with Crippen LogP contribution in [0.2, 0.25) is 0 Å². The van der Waals surface area contributed by atoms with E-state index in [0.717, 1.165) is 37.9 Å². The standard InChI is InChI=1S/C16H26N2O.ClH/c1-13-10-14(2)12-15(11-13)18(3)16(19)8-6-4-5-7-9-17;/h10-12H,4-9,17H2,1-3H3;1H. The third kappa shape index (κ3) is 6.40. The van der Waals surface area contributed by atoms with Crippen LogP contribution in [0.4, 0.5) is 5.69 Å². The zero-order valence-corrected chi connectivity index (χ0v) is 13.6. The molecule has 20 heavy (non-hydrogen) atoms. The molecule has 0 unspecified atom stereocenters. The third-order valence-corrected chi connectivity index (χ3v) is 3.31. The number of rotatable bonds is 7. The molecule has 0 bridgehead atoms. The molecule has 0 saturated heterocycles. The maximum atomic E-state index is 12.1. The van der Waals surface area contributed by atoms with Crippen LogP contribution in [0.25, 0.3) is 0 Å². The summed E-state index contributed by atoms with van der Waals surface area (Å²) in [6.45, 7) is 4.86. The van der Waals surface area contributed by atoms with Crippen molar-refractivity contribution in [1.29, 1.82) is 0 Å². The topological polar surface area (TPSA) is 46.3 Å². The smallest absolute Gasteiger partial charge is 0.226 e. The molecule has 0 spiro atoms. The van der Waals surface area contributed by atoms with E-state index in [2.05, 4.69) is 32.0 Å². The molecule has 0 aliphatic heterocycles. The highest BCUT2D eigenvalue weighted by molar-refractivity contribution is 5.92. The summed E-state index contributed by atoms with van der Waals surface area (Å²) >= 11 is 0. The minimum atomic E-state index is 0. The van der Waals surface area contributed by atoms with Gasteiger partial charge in [-0.1, -0.05) is 18.9 Å². The Morgan fingerprint density at radius 2 is 1.60 bits per heavy atom. The monoisotopic (exact) mass is 298 g/mol. The predicted molar refractivity (Wildman–Crippen MR) is 88.7 cm³/mol. The first-order valence-electron chi connectivity index (χ1n) is 7.09. The van der Waals surface area contributed by atoms with Gasteiger partial charge in [-0.05, 0) is 56.5 Å². The Hall–Kier alpha value is -1.06. The normalized spacial score (nSPS) is 10.0. The van der Waals surface area contributed by atoms with Gasteiger partial charge in [0.05, 0.1) is 0 Å². The molecule has 0 aromatic heterocycles. The van der Waals surface area contributed by atoms with E-state index in [9.17, 15) is 4.79 Å². The van der Waals surface area contributed by atoms with E-state index < -0.39 is 0 Å². The van der Waals surface area contributed by atoms with Crippen LogP contribution in [0.15, 0.2) is 18.2 Å². The fourth-order valence-corrected chi connectivity index (χ4v) is 2.23. The quantitative estimate of drug-likeness (QED) is 0.782. The first-order chi connectivity index (χ1) is 9.04. The van der Waals surface area contributed by atoms with Crippen molar-refractivity contribution in [3.63, 3.8) is 0 Å². The summed E-state index contributed by atoms with van der Waals surface area (Å²) in [6, 6.07) is 6.23.